The molecule has 0 radical (unpaired) electrons. The molecule has 0 fully saturated rings. The number of benzene rings is 2. The summed E-state index contributed by atoms with van der Waals surface area (Å²) in [4.78, 5) is 36.4. The maximum Gasteiger partial charge on any atom is 0.275 e. The lowest BCUT2D eigenvalue weighted by molar-refractivity contribution is -0.122. The summed E-state index contributed by atoms with van der Waals surface area (Å²) in [6.45, 7) is 3.05. The first-order valence-corrected chi connectivity index (χ1v) is 11.8. The molecule has 2 unspecified atom stereocenters. The van der Waals surface area contributed by atoms with Crippen molar-refractivity contribution in [3.8, 4) is 11.5 Å². The summed E-state index contributed by atoms with van der Waals surface area (Å²) in [5.74, 6) is -0.196. The second-order valence-electron chi connectivity index (χ2n) is 8.31. The van der Waals surface area contributed by atoms with Crippen molar-refractivity contribution in [3.05, 3.63) is 77.4 Å². The Morgan fingerprint density at radius 2 is 1.86 bits per heavy atom. The van der Waals surface area contributed by atoms with E-state index in [4.69, 9.17) is 32.5 Å². The van der Waals surface area contributed by atoms with Gasteiger partial charge in [-0.25, -0.2) is 9.97 Å². The Bertz CT molecular complexity index is 1240. The van der Waals surface area contributed by atoms with Crippen molar-refractivity contribution in [2.24, 2.45) is 11.5 Å². The summed E-state index contributed by atoms with van der Waals surface area (Å²) in [5, 5.41) is 2.99. The third kappa shape index (κ3) is 5.84. The largest absolute Gasteiger partial charge is 0.486 e. The summed E-state index contributed by atoms with van der Waals surface area (Å²) in [5.41, 5.74) is 13.6. The Labute approximate surface area is 213 Å². The van der Waals surface area contributed by atoms with Gasteiger partial charge in [-0.3, -0.25) is 9.59 Å². The van der Waals surface area contributed by atoms with Crippen LogP contribution in [-0.2, 0) is 11.3 Å². The monoisotopic (exact) mass is 510 g/mol. The van der Waals surface area contributed by atoms with Gasteiger partial charge < -0.3 is 31.2 Å². The molecule has 2 amide bonds. The highest BCUT2D eigenvalue weighted by Crippen LogP contribution is 2.35. The molecule has 0 saturated heterocycles. The van der Waals surface area contributed by atoms with Crippen LogP contribution in [0.3, 0.4) is 0 Å². The van der Waals surface area contributed by atoms with E-state index in [1.54, 1.807) is 18.2 Å². The Kier molecular flexibility index (Phi) is 7.87. The van der Waals surface area contributed by atoms with Gasteiger partial charge in [-0.2, -0.15) is 0 Å². The van der Waals surface area contributed by atoms with E-state index in [-0.39, 0.29) is 18.8 Å². The molecule has 1 aliphatic rings. The molecule has 3 aromatic rings. The van der Waals surface area contributed by atoms with Gasteiger partial charge in [-0.15, -0.1) is 11.6 Å². The van der Waals surface area contributed by atoms with Gasteiger partial charge in [0, 0.05) is 13.1 Å². The minimum absolute atomic E-state index is 0.0539. The lowest BCUT2D eigenvalue weighted by Crippen LogP contribution is -2.42. The fraction of sp³-hybridized carbons (Fsp3) is 0.280. The first-order chi connectivity index (χ1) is 17.3. The number of hydrogen-bond acceptors (Lipinski definition) is 8. The number of hydrogen-bond donors (Lipinski definition) is 3. The van der Waals surface area contributed by atoms with Gasteiger partial charge >= 0.3 is 0 Å². The third-order valence-electron chi connectivity index (χ3n) is 5.60. The zero-order chi connectivity index (χ0) is 25.7. The number of anilines is 1. The Morgan fingerprint density at radius 1 is 1.14 bits per heavy atom. The number of carbonyl (C=O) groups excluding carboxylic acids is 2. The van der Waals surface area contributed by atoms with Crippen molar-refractivity contribution in [1.29, 1.82) is 0 Å². The molecule has 0 saturated carbocycles. The van der Waals surface area contributed by atoms with Crippen molar-refractivity contribution in [3.63, 3.8) is 0 Å². The Balaban J connectivity index is 1.77. The highest BCUT2D eigenvalue weighted by molar-refractivity contribution is 6.20. The molecule has 2 aromatic carbocycles. The van der Waals surface area contributed by atoms with E-state index in [1.807, 2.05) is 31.2 Å². The van der Waals surface area contributed by atoms with Crippen LogP contribution in [0, 0.1) is 6.92 Å². The maximum atomic E-state index is 14.0. The molecule has 4 rings (SSSR count). The standard InChI is InChI=1S/C25H27ClN6O4/c1-15-2-4-16(5-3-15)13-32(25(34)22-18(11-29-14-31-22)30-12-21(26)27)23(24(28)33)17-6-7-19-20(10-17)36-9-8-35-19/h2-7,10-11,14,21,23,30H,8-9,12-13,27H2,1H3,(H2,28,33). The Hall–Kier alpha value is -3.89. The van der Waals surface area contributed by atoms with E-state index in [0.717, 1.165) is 11.1 Å². The van der Waals surface area contributed by atoms with Crippen molar-refractivity contribution in [2.75, 3.05) is 25.1 Å². The molecule has 36 heavy (non-hydrogen) atoms. The lowest BCUT2D eigenvalue weighted by Gasteiger charge is -2.31. The van der Waals surface area contributed by atoms with Gasteiger partial charge in [0.05, 0.1) is 17.4 Å². The molecule has 0 spiro atoms. The smallest absolute Gasteiger partial charge is 0.275 e. The summed E-state index contributed by atoms with van der Waals surface area (Å²) >= 11 is 5.87. The van der Waals surface area contributed by atoms with Crippen LogP contribution in [0.15, 0.2) is 55.0 Å². The number of halogens is 1. The molecule has 2 atom stereocenters. The summed E-state index contributed by atoms with van der Waals surface area (Å²) < 4.78 is 11.3. The van der Waals surface area contributed by atoms with Crippen molar-refractivity contribution in [2.45, 2.75) is 25.0 Å². The number of nitrogens with zero attached hydrogens (tertiary/aromatic N) is 3. The highest BCUT2D eigenvalue weighted by atomic mass is 35.5. The minimum Gasteiger partial charge on any atom is -0.486 e. The second kappa shape index (κ2) is 11.2. The fourth-order valence-corrected chi connectivity index (χ4v) is 3.95. The number of amides is 2. The number of ether oxygens (including phenoxy) is 2. The number of primary amides is 1. The van der Waals surface area contributed by atoms with Crippen LogP contribution in [-0.4, -0.2) is 51.9 Å². The normalized spacial score (nSPS) is 14.0. The quantitative estimate of drug-likeness (QED) is 0.294. The van der Waals surface area contributed by atoms with Crippen molar-refractivity contribution < 1.29 is 19.1 Å². The topological polar surface area (TPSA) is 146 Å². The molecule has 1 aliphatic heterocycles. The van der Waals surface area contributed by atoms with Crippen molar-refractivity contribution >= 4 is 29.1 Å². The first kappa shape index (κ1) is 25.2. The third-order valence-corrected chi connectivity index (χ3v) is 5.75. The van der Waals surface area contributed by atoms with E-state index in [2.05, 4.69) is 15.3 Å². The average Bonchev–Trinajstić information content (AvgIpc) is 2.87. The molecule has 10 nitrogen and oxygen atoms in total. The molecule has 2 heterocycles. The Morgan fingerprint density at radius 3 is 2.56 bits per heavy atom. The van der Waals surface area contributed by atoms with Gasteiger partial charge in [-0.05, 0) is 30.2 Å². The number of rotatable bonds is 9. The van der Waals surface area contributed by atoms with E-state index < -0.39 is 23.4 Å². The number of nitrogens with two attached hydrogens (primary N) is 2. The van der Waals surface area contributed by atoms with Crippen LogP contribution < -0.4 is 26.3 Å². The summed E-state index contributed by atoms with van der Waals surface area (Å²) in [6, 6.07) is 11.6. The average molecular weight is 511 g/mol. The number of aromatic nitrogens is 2. The lowest BCUT2D eigenvalue weighted by atomic mass is 10.0. The van der Waals surface area contributed by atoms with Crippen LogP contribution in [0.1, 0.15) is 33.2 Å². The van der Waals surface area contributed by atoms with E-state index >= 15 is 0 Å². The number of fused-ring (bicyclic) bond motifs is 1. The number of aryl methyl sites for hydroxylation is 1. The maximum absolute atomic E-state index is 14.0. The van der Waals surface area contributed by atoms with Gasteiger partial charge in [0.15, 0.2) is 17.2 Å². The van der Waals surface area contributed by atoms with Crippen LogP contribution in [0.25, 0.3) is 0 Å². The van der Waals surface area contributed by atoms with Crippen LogP contribution in [0.4, 0.5) is 5.69 Å². The van der Waals surface area contributed by atoms with Gasteiger partial charge in [-0.1, -0.05) is 35.9 Å². The van der Waals surface area contributed by atoms with E-state index in [9.17, 15) is 9.59 Å². The minimum atomic E-state index is -1.12. The predicted molar refractivity (Wildman–Crippen MR) is 135 cm³/mol. The SMILES string of the molecule is Cc1ccc(CN(C(=O)c2ncncc2NCC(N)Cl)C(C(N)=O)c2ccc3c(c2)OCCO3)cc1. The zero-order valence-corrected chi connectivity index (χ0v) is 20.4. The van der Waals surface area contributed by atoms with Crippen LogP contribution in [0.5, 0.6) is 11.5 Å². The van der Waals surface area contributed by atoms with Gasteiger partial charge in [0.25, 0.3) is 5.91 Å². The highest BCUT2D eigenvalue weighted by Gasteiger charge is 2.33. The van der Waals surface area contributed by atoms with Crippen LogP contribution >= 0.6 is 11.6 Å². The summed E-state index contributed by atoms with van der Waals surface area (Å²) in [7, 11) is 0. The fourth-order valence-electron chi connectivity index (χ4n) is 3.87. The molecular formula is C25H27ClN6O4. The van der Waals surface area contributed by atoms with Gasteiger partial charge in [0.2, 0.25) is 5.91 Å². The molecule has 188 valence electrons. The predicted octanol–water partition coefficient (Wildman–Crippen LogP) is 2.36. The molecule has 11 heteroatoms. The van der Waals surface area contributed by atoms with E-state index in [0.29, 0.717) is 36.0 Å². The van der Waals surface area contributed by atoms with E-state index in [1.165, 1.54) is 17.4 Å². The number of nitrogens with one attached hydrogen (secondary N) is 1. The molecular weight excluding hydrogens is 484 g/mol. The van der Waals surface area contributed by atoms with Gasteiger partial charge in [0.1, 0.15) is 25.6 Å². The second-order valence-corrected chi connectivity index (χ2v) is 8.87. The first-order valence-electron chi connectivity index (χ1n) is 11.3. The van der Waals surface area contributed by atoms with Crippen LogP contribution in [0.2, 0.25) is 0 Å². The number of carbonyl (C=O) groups is 2. The number of alkyl halides is 1. The molecule has 0 bridgehead atoms. The molecule has 0 aliphatic carbocycles. The molecule has 1 aromatic heterocycles. The zero-order valence-electron chi connectivity index (χ0n) is 19.7. The van der Waals surface area contributed by atoms with Crippen molar-refractivity contribution in [1.82, 2.24) is 14.9 Å². The summed E-state index contributed by atoms with van der Waals surface area (Å²) in [6.07, 6.45) is 2.71. The molecule has 5 N–H and O–H groups in total.